The van der Waals surface area contributed by atoms with E-state index >= 15 is 0 Å². The molecule has 0 fully saturated rings. The van der Waals surface area contributed by atoms with E-state index in [0.29, 0.717) is 17.3 Å². The second-order valence-corrected chi connectivity index (χ2v) is 6.92. The van der Waals surface area contributed by atoms with Gasteiger partial charge in [0.25, 0.3) is 10.0 Å². The number of nitrogens with one attached hydrogen (secondary N) is 2. The molecule has 9 heteroatoms. The molecule has 0 atom stereocenters. The minimum atomic E-state index is -3.75. The van der Waals surface area contributed by atoms with Crippen LogP contribution in [0.25, 0.3) is 0 Å². The highest BCUT2D eigenvalue weighted by atomic mass is 32.2. The minimum Gasteiger partial charge on any atom is -0.446 e. The normalized spacial score (nSPS) is 11.7. The maximum atomic E-state index is 12.1. The molecule has 0 radical (unpaired) electrons. The third-order valence-electron chi connectivity index (χ3n) is 2.38. The van der Waals surface area contributed by atoms with Crippen molar-refractivity contribution < 1.29 is 12.8 Å². The van der Waals surface area contributed by atoms with Crippen molar-refractivity contribution in [1.82, 2.24) is 15.5 Å². The summed E-state index contributed by atoms with van der Waals surface area (Å²) in [7, 11) is -3.75. The van der Waals surface area contributed by atoms with Gasteiger partial charge in [-0.05, 0) is 32.0 Å². The Hall–Kier alpha value is -1.45. The van der Waals surface area contributed by atoms with Crippen molar-refractivity contribution in [2.75, 3.05) is 11.3 Å². The van der Waals surface area contributed by atoms with Crippen LogP contribution in [0.4, 0.5) is 5.13 Å². The summed E-state index contributed by atoms with van der Waals surface area (Å²) in [4.78, 5) is 0. The van der Waals surface area contributed by atoms with E-state index < -0.39 is 10.0 Å². The van der Waals surface area contributed by atoms with Gasteiger partial charge in [0, 0.05) is 0 Å². The third-order valence-corrected chi connectivity index (χ3v) is 4.47. The zero-order chi connectivity index (χ0) is 14.6. The maximum absolute atomic E-state index is 12.1. The lowest BCUT2D eigenvalue weighted by Crippen LogP contribution is -2.14. The quantitative estimate of drug-likeness (QED) is 0.755. The molecule has 110 valence electrons. The molecule has 0 spiro atoms. The van der Waals surface area contributed by atoms with Gasteiger partial charge in [-0.3, -0.25) is 4.72 Å². The number of sulfonamides is 1. The lowest BCUT2D eigenvalue weighted by Gasteiger charge is -2.01. The Labute approximate surface area is 121 Å². The van der Waals surface area contributed by atoms with Gasteiger partial charge in [-0.15, -0.1) is 10.2 Å². The van der Waals surface area contributed by atoms with E-state index in [-0.39, 0.29) is 10.2 Å². The molecule has 0 amide bonds. The number of furan rings is 1. The lowest BCUT2D eigenvalue weighted by atomic mass is 10.4. The molecule has 0 saturated carbocycles. The van der Waals surface area contributed by atoms with E-state index in [2.05, 4.69) is 27.2 Å². The third kappa shape index (κ3) is 3.78. The van der Waals surface area contributed by atoms with Crippen molar-refractivity contribution in [2.24, 2.45) is 0 Å². The second kappa shape index (κ2) is 6.33. The topological polar surface area (TPSA) is 97.1 Å². The summed E-state index contributed by atoms with van der Waals surface area (Å²) >= 11 is 1.17. The van der Waals surface area contributed by atoms with Crippen molar-refractivity contribution in [3.05, 3.63) is 22.9 Å². The first-order chi connectivity index (χ1) is 9.51. The summed E-state index contributed by atoms with van der Waals surface area (Å²) in [5.41, 5.74) is 0. The maximum Gasteiger partial charge on any atom is 0.297 e. The van der Waals surface area contributed by atoms with Crippen molar-refractivity contribution in [1.29, 1.82) is 0 Å². The van der Waals surface area contributed by atoms with E-state index in [1.54, 1.807) is 13.0 Å². The zero-order valence-electron chi connectivity index (χ0n) is 11.2. The fourth-order valence-electron chi connectivity index (χ4n) is 1.49. The van der Waals surface area contributed by atoms with Crippen LogP contribution < -0.4 is 10.0 Å². The standard InChI is InChI=1S/C11H16N4O3S2/c1-3-6-12-7-9-4-5-10(18-9)20(16,17)15-11-14-13-8(2)19-11/h4-5,12H,3,6-7H2,1-2H3,(H,14,15). The van der Waals surface area contributed by atoms with Crippen LogP contribution in [0.3, 0.4) is 0 Å². The first-order valence-corrected chi connectivity index (χ1v) is 8.43. The molecule has 2 N–H and O–H groups in total. The summed E-state index contributed by atoms with van der Waals surface area (Å²) in [6, 6.07) is 3.07. The molecule has 0 aliphatic carbocycles. The summed E-state index contributed by atoms with van der Waals surface area (Å²) in [6.07, 6.45) is 1.00. The molecule has 0 aliphatic rings. The highest BCUT2D eigenvalue weighted by molar-refractivity contribution is 7.92. The molecule has 7 nitrogen and oxygen atoms in total. The van der Waals surface area contributed by atoms with Gasteiger partial charge in [0.2, 0.25) is 10.2 Å². The Morgan fingerprint density at radius 3 is 2.80 bits per heavy atom. The molecular weight excluding hydrogens is 300 g/mol. The van der Waals surface area contributed by atoms with E-state index in [0.717, 1.165) is 13.0 Å². The number of aromatic nitrogens is 2. The van der Waals surface area contributed by atoms with E-state index in [1.807, 2.05) is 0 Å². The summed E-state index contributed by atoms with van der Waals surface area (Å²) in [5.74, 6) is 0.576. The van der Waals surface area contributed by atoms with Crippen LogP contribution in [-0.4, -0.2) is 25.2 Å². The predicted molar refractivity (Wildman–Crippen MR) is 76.2 cm³/mol. The molecular formula is C11H16N4O3S2. The van der Waals surface area contributed by atoms with Crippen molar-refractivity contribution in [3.8, 4) is 0 Å². The monoisotopic (exact) mass is 316 g/mol. The average molecular weight is 316 g/mol. The SMILES string of the molecule is CCCNCc1ccc(S(=O)(=O)Nc2nnc(C)s2)o1. The van der Waals surface area contributed by atoms with Crippen molar-refractivity contribution >= 4 is 26.5 Å². The molecule has 2 rings (SSSR count). The number of hydrogen-bond donors (Lipinski definition) is 2. The van der Waals surface area contributed by atoms with Gasteiger partial charge in [-0.25, -0.2) is 0 Å². The number of nitrogens with zero attached hydrogens (tertiary/aromatic N) is 2. The fourth-order valence-corrected chi connectivity index (χ4v) is 3.26. The lowest BCUT2D eigenvalue weighted by molar-refractivity contribution is 0.403. The van der Waals surface area contributed by atoms with Crippen LogP contribution in [0.15, 0.2) is 21.6 Å². The molecule has 0 unspecified atom stereocenters. The molecule has 0 bridgehead atoms. The fraction of sp³-hybridized carbons (Fsp3) is 0.455. The predicted octanol–water partition coefficient (Wildman–Crippen LogP) is 1.74. The molecule has 2 aromatic heterocycles. The first-order valence-electron chi connectivity index (χ1n) is 6.13. The van der Waals surface area contributed by atoms with Gasteiger partial charge in [0.1, 0.15) is 10.8 Å². The number of hydrogen-bond acceptors (Lipinski definition) is 7. The molecule has 0 saturated heterocycles. The number of anilines is 1. The summed E-state index contributed by atoms with van der Waals surface area (Å²) < 4.78 is 31.8. The smallest absolute Gasteiger partial charge is 0.297 e. The molecule has 2 heterocycles. The van der Waals surface area contributed by atoms with Crippen LogP contribution in [0, 0.1) is 6.92 Å². The Morgan fingerprint density at radius 2 is 2.15 bits per heavy atom. The zero-order valence-corrected chi connectivity index (χ0v) is 12.8. The van der Waals surface area contributed by atoms with Gasteiger partial charge < -0.3 is 9.73 Å². The minimum absolute atomic E-state index is 0.126. The van der Waals surface area contributed by atoms with Crippen LogP contribution in [0.2, 0.25) is 0 Å². The Morgan fingerprint density at radius 1 is 1.35 bits per heavy atom. The highest BCUT2D eigenvalue weighted by Crippen LogP contribution is 2.20. The number of rotatable bonds is 7. The number of aryl methyl sites for hydroxylation is 1. The molecule has 0 aliphatic heterocycles. The van der Waals surface area contributed by atoms with Crippen LogP contribution >= 0.6 is 11.3 Å². The van der Waals surface area contributed by atoms with E-state index in [9.17, 15) is 8.42 Å². The van der Waals surface area contributed by atoms with Gasteiger partial charge in [0.15, 0.2) is 0 Å². The van der Waals surface area contributed by atoms with E-state index in [4.69, 9.17) is 4.42 Å². The average Bonchev–Trinajstić information content (AvgIpc) is 2.99. The molecule has 20 heavy (non-hydrogen) atoms. The summed E-state index contributed by atoms with van der Waals surface area (Å²) in [6.45, 7) is 5.16. The molecule has 2 aromatic rings. The van der Waals surface area contributed by atoms with Crippen LogP contribution in [0.5, 0.6) is 0 Å². The molecule has 0 aromatic carbocycles. The Bertz CT molecular complexity index is 663. The van der Waals surface area contributed by atoms with Crippen molar-refractivity contribution in [2.45, 2.75) is 31.9 Å². The Kier molecular flexibility index (Phi) is 4.73. The summed E-state index contributed by atoms with van der Waals surface area (Å²) in [5, 5.41) is 11.4. The highest BCUT2D eigenvalue weighted by Gasteiger charge is 2.20. The van der Waals surface area contributed by atoms with Crippen LogP contribution in [0.1, 0.15) is 24.1 Å². The van der Waals surface area contributed by atoms with Gasteiger partial charge in [-0.1, -0.05) is 18.3 Å². The first kappa shape index (κ1) is 14.9. The van der Waals surface area contributed by atoms with Gasteiger partial charge >= 0.3 is 0 Å². The van der Waals surface area contributed by atoms with Crippen molar-refractivity contribution in [3.63, 3.8) is 0 Å². The van der Waals surface area contributed by atoms with Gasteiger partial charge in [-0.2, -0.15) is 8.42 Å². The largest absolute Gasteiger partial charge is 0.446 e. The second-order valence-electron chi connectivity index (χ2n) is 4.13. The van der Waals surface area contributed by atoms with E-state index in [1.165, 1.54) is 17.4 Å². The Balaban J connectivity index is 2.06. The van der Waals surface area contributed by atoms with Gasteiger partial charge in [0.05, 0.1) is 6.54 Å². The van der Waals surface area contributed by atoms with Crippen LogP contribution in [-0.2, 0) is 16.6 Å².